The van der Waals surface area contributed by atoms with Crippen LogP contribution >= 0.6 is 24.0 Å². The molecule has 28 heavy (non-hydrogen) atoms. The Bertz CT molecular complexity index is 796. The van der Waals surface area contributed by atoms with Crippen LogP contribution in [0, 0.1) is 0 Å². The van der Waals surface area contributed by atoms with Gasteiger partial charge in [-0.05, 0) is 81.7 Å². The number of rotatable bonds is 2. The number of hydrogen-bond acceptors (Lipinski definition) is 6. The zero-order valence-corrected chi connectivity index (χ0v) is 18.4. The highest BCUT2D eigenvalue weighted by Gasteiger charge is 2.24. The number of carbonyl (C=O) groups excluding carboxylic acids is 1. The van der Waals surface area contributed by atoms with E-state index >= 15 is 0 Å². The number of anilines is 1. The van der Waals surface area contributed by atoms with Crippen molar-refractivity contribution in [1.29, 1.82) is 0 Å². The van der Waals surface area contributed by atoms with Crippen LogP contribution < -0.4 is 16.8 Å². The molecular formula is C20H30N4O2S2. The van der Waals surface area contributed by atoms with Crippen LogP contribution in [0.5, 0.6) is 0 Å². The van der Waals surface area contributed by atoms with E-state index in [1.807, 2.05) is 0 Å². The summed E-state index contributed by atoms with van der Waals surface area (Å²) >= 11 is 5.48. The standard InChI is InChI=1S/C13H16N2O.C6H9NOS2.CH5N/c14-13(16)15-12-10-5-1-3-8(10)7-9-4-2-6-11(9)12;1-6(2,8)5-7-3-4(9)10-5;1-2/h7H,1-6H2,(H3,14,15,16);3,8-9H,1-2H3;2H2,1H3. The summed E-state index contributed by atoms with van der Waals surface area (Å²) in [5, 5.41) is 13.0. The molecule has 0 fully saturated rings. The number of nitrogens with zero attached hydrogens (tertiary/aromatic N) is 1. The van der Waals surface area contributed by atoms with Gasteiger partial charge < -0.3 is 21.9 Å². The smallest absolute Gasteiger partial charge is 0.316 e. The third-order valence-electron chi connectivity index (χ3n) is 4.74. The summed E-state index contributed by atoms with van der Waals surface area (Å²) in [6.07, 6.45) is 8.50. The molecule has 0 saturated carbocycles. The number of hydrogen-bond donors (Lipinski definition) is 5. The van der Waals surface area contributed by atoms with Crippen molar-refractivity contribution < 1.29 is 9.90 Å². The zero-order valence-electron chi connectivity index (χ0n) is 16.7. The lowest BCUT2D eigenvalue weighted by Gasteiger charge is -2.14. The van der Waals surface area contributed by atoms with Gasteiger partial charge in [-0.25, -0.2) is 9.78 Å². The highest BCUT2D eigenvalue weighted by Crippen LogP contribution is 2.38. The zero-order chi connectivity index (χ0) is 20.9. The first-order chi connectivity index (χ1) is 13.3. The first-order valence-corrected chi connectivity index (χ1v) is 10.7. The van der Waals surface area contributed by atoms with Crippen molar-refractivity contribution in [3.63, 3.8) is 0 Å². The summed E-state index contributed by atoms with van der Waals surface area (Å²) in [6, 6.07) is 1.91. The van der Waals surface area contributed by atoms with Crippen LogP contribution in [0.25, 0.3) is 0 Å². The second-order valence-electron chi connectivity index (χ2n) is 7.29. The lowest BCUT2D eigenvalue weighted by Crippen LogP contribution is -2.21. The van der Waals surface area contributed by atoms with Gasteiger partial charge in [0.15, 0.2) is 0 Å². The second kappa shape index (κ2) is 9.73. The summed E-state index contributed by atoms with van der Waals surface area (Å²) < 4.78 is 0.831. The van der Waals surface area contributed by atoms with Crippen molar-refractivity contribution >= 4 is 35.7 Å². The van der Waals surface area contributed by atoms with Gasteiger partial charge in [-0.2, -0.15) is 0 Å². The lowest BCUT2D eigenvalue weighted by molar-refractivity contribution is 0.0783. The van der Waals surface area contributed by atoms with E-state index in [-0.39, 0.29) is 0 Å². The maximum atomic E-state index is 11.1. The molecule has 0 unspecified atom stereocenters. The number of benzene rings is 1. The van der Waals surface area contributed by atoms with Gasteiger partial charge in [0, 0.05) is 5.69 Å². The van der Waals surface area contributed by atoms with Gasteiger partial charge in [0.25, 0.3) is 0 Å². The number of thiol groups is 1. The number of thiazole rings is 1. The molecule has 0 radical (unpaired) electrons. The number of aromatic nitrogens is 1. The highest BCUT2D eigenvalue weighted by molar-refractivity contribution is 7.82. The van der Waals surface area contributed by atoms with E-state index in [0.29, 0.717) is 5.01 Å². The van der Waals surface area contributed by atoms with Gasteiger partial charge in [-0.15, -0.1) is 24.0 Å². The Morgan fingerprint density at radius 2 is 1.71 bits per heavy atom. The van der Waals surface area contributed by atoms with Crippen molar-refractivity contribution in [2.24, 2.45) is 11.5 Å². The van der Waals surface area contributed by atoms with Crippen LogP contribution in [0.1, 0.15) is 54.0 Å². The number of fused-ring (bicyclic) bond motifs is 2. The quantitative estimate of drug-likeness (QED) is 0.477. The Labute approximate surface area is 176 Å². The molecule has 6 N–H and O–H groups in total. The molecule has 1 aromatic carbocycles. The number of urea groups is 1. The number of aliphatic hydroxyl groups is 1. The fourth-order valence-corrected chi connectivity index (χ4v) is 4.61. The third kappa shape index (κ3) is 5.47. The maximum absolute atomic E-state index is 11.1. The molecule has 2 amide bonds. The highest BCUT2D eigenvalue weighted by atomic mass is 32.2. The number of primary amides is 1. The predicted molar refractivity (Wildman–Crippen MR) is 118 cm³/mol. The van der Waals surface area contributed by atoms with E-state index in [2.05, 4.69) is 34.7 Å². The van der Waals surface area contributed by atoms with Gasteiger partial charge in [0.1, 0.15) is 10.6 Å². The van der Waals surface area contributed by atoms with Crippen LogP contribution in [-0.2, 0) is 31.3 Å². The maximum Gasteiger partial charge on any atom is 0.316 e. The monoisotopic (exact) mass is 422 g/mol. The fourth-order valence-electron chi connectivity index (χ4n) is 3.64. The topological polar surface area (TPSA) is 114 Å². The molecule has 8 heteroatoms. The number of aryl methyl sites for hydroxylation is 2. The summed E-state index contributed by atoms with van der Waals surface area (Å²) in [5.41, 5.74) is 15.5. The van der Waals surface area contributed by atoms with Crippen LogP contribution in [0.15, 0.2) is 16.5 Å². The van der Waals surface area contributed by atoms with Gasteiger partial charge in [0.2, 0.25) is 0 Å². The molecule has 1 aromatic heterocycles. The molecule has 0 aliphatic heterocycles. The Kier molecular flexibility index (Phi) is 7.88. The molecule has 2 aliphatic rings. The van der Waals surface area contributed by atoms with Crippen LogP contribution in [-0.4, -0.2) is 23.2 Å². The van der Waals surface area contributed by atoms with Crippen LogP contribution in [0.2, 0.25) is 0 Å². The summed E-state index contributed by atoms with van der Waals surface area (Å²) in [5.74, 6) is 0. The molecule has 0 spiro atoms. The van der Waals surface area contributed by atoms with Crippen molar-refractivity contribution in [2.45, 2.75) is 62.2 Å². The molecule has 4 rings (SSSR count). The minimum Gasteiger partial charge on any atom is -0.383 e. The van der Waals surface area contributed by atoms with Crippen LogP contribution in [0.3, 0.4) is 0 Å². The van der Waals surface area contributed by atoms with E-state index in [9.17, 15) is 9.90 Å². The van der Waals surface area contributed by atoms with E-state index in [1.54, 1.807) is 20.0 Å². The molecule has 2 aliphatic carbocycles. The predicted octanol–water partition coefficient (Wildman–Crippen LogP) is 3.39. The van der Waals surface area contributed by atoms with Gasteiger partial charge >= 0.3 is 6.03 Å². The van der Waals surface area contributed by atoms with Gasteiger partial charge in [0.05, 0.1) is 10.4 Å². The second-order valence-corrected chi connectivity index (χ2v) is 9.10. The SMILES string of the molecule is CC(C)(O)c1ncc(S)s1.CN.NC(=O)Nc1c2c(cc3c1CCC3)CCC2. The minimum absolute atomic E-state index is 0.436. The van der Waals surface area contributed by atoms with E-state index in [0.717, 1.165) is 35.6 Å². The largest absolute Gasteiger partial charge is 0.383 e. The number of carbonyl (C=O) groups is 1. The Balaban J connectivity index is 0.000000202. The molecule has 2 aromatic rings. The normalized spacial score (nSPS) is 14.2. The minimum atomic E-state index is -0.828. The molecule has 154 valence electrons. The first kappa shape index (κ1) is 22.7. The fraction of sp³-hybridized carbons (Fsp3) is 0.500. The number of amides is 2. The number of nitrogens with one attached hydrogen (secondary N) is 1. The third-order valence-corrected chi connectivity index (χ3v) is 6.24. The summed E-state index contributed by atoms with van der Waals surface area (Å²) in [6.45, 7) is 3.41. The first-order valence-electron chi connectivity index (χ1n) is 9.44. The average Bonchev–Trinajstić information content (AvgIpc) is 3.36. The Morgan fingerprint density at radius 1 is 1.18 bits per heavy atom. The lowest BCUT2D eigenvalue weighted by atomic mass is 9.99. The van der Waals surface area contributed by atoms with Crippen LogP contribution in [0.4, 0.5) is 10.5 Å². The number of nitrogens with two attached hydrogens (primary N) is 2. The molecule has 0 atom stereocenters. The average molecular weight is 423 g/mol. The van der Waals surface area contributed by atoms with Crippen molar-refractivity contribution in [2.75, 3.05) is 12.4 Å². The Hall–Kier alpha value is -1.61. The van der Waals surface area contributed by atoms with Gasteiger partial charge in [-0.1, -0.05) is 6.07 Å². The van der Waals surface area contributed by atoms with Gasteiger partial charge in [-0.3, -0.25) is 0 Å². The molecule has 0 bridgehead atoms. The summed E-state index contributed by atoms with van der Waals surface area (Å²) in [4.78, 5) is 15.1. The van der Waals surface area contributed by atoms with Crippen molar-refractivity contribution in [3.05, 3.63) is 39.5 Å². The van der Waals surface area contributed by atoms with E-state index in [4.69, 9.17) is 5.73 Å². The summed E-state index contributed by atoms with van der Waals surface area (Å²) in [7, 11) is 1.50. The molecular weight excluding hydrogens is 392 g/mol. The molecule has 6 nitrogen and oxygen atoms in total. The van der Waals surface area contributed by atoms with E-state index < -0.39 is 11.6 Å². The van der Waals surface area contributed by atoms with Crippen molar-refractivity contribution in [3.8, 4) is 0 Å². The van der Waals surface area contributed by atoms with Crippen molar-refractivity contribution in [1.82, 2.24) is 4.98 Å². The molecule has 1 heterocycles. The molecule has 0 saturated heterocycles. The Morgan fingerprint density at radius 3 is 2.07 bits per heavy atom. The van der Waals surface area contributed by atoms with E-state index in [1.165, 1.54) is 53.5 Å².